The van der Waals surface area contributed by atoms with Gasteiger partial charge in [0.2, 0.25) is 5.91 Å². The summed E-state index contributed by atoms with van der Waals surface area (Å²) in [6.07, 6.45) is -1.99. The first-order valence-corrected chi connectivity index (χ1v) is 6.75. The number of rotatable bonds is 3. The number of nitrogens with one attached hydrogen (secondary N) is 1. The van der Waals surface area contributed by atoms with Crippen molar-refractivity contribution in [2.24, 2.45) is 0 Å². The molecule has 0 saturated heterocycles. The summed E-state index contributed by atoms with van der Waals surface area (Å²) in [4.78, 5) is 11.7. The number of anilines is 1. The third-order valence-electron chi connectivity index (χ3n) is 2.85. The maximum absolute atomic E-state index is 13.5. The van der Waals surface area contributed by atoms with Gasteiger partial charge >= 0.3 is 6.18 Å². The number of benzene rings is 2. The highest BCUT2D eigenvalue weighted by molar-refractivity contribution is 6.30. The van der Waals surface area contributed by atoms with Crippen LogP contribution in [0, 0.1) is 5.82 Å². The van der Waals surface area contributed by atoms with Gasteiger partial charge in [0.1, 0.15) is 5.82 Å². The summed E-state index contributed by atoms with van der Waals surface area (Å²) in [7, 11) is 0. The van der Waals surface area contributed by atoms with Crippen molar-refractivity contribution in [2.75, 3.05) is 5.32 Å². The van der Waals surface area contributed by atoms with Crippen LogP contribution >= 0.6 is 11.6 Å². The molecule has 0 atom stereocenters. The topological polar surface area (TPSA) is 29.1 Å². The first kappa shape index (κ1) is 17.0. The molecule has 1 amide bonds. The summed E-state index contributed by atoms with van der Waals surface area (Å²) in [6, 6.07) is 8.07. The van der Waals surface area contributed by atoms with Crippen molar-refractivity contribution in [1.29, 1.82) is 0 Å². The van der Waals surface area contributed by atoms with Crippen LogP contribution in [0.5, 0.6) is 0 Å². The van der Waals surface area contributed by atoms with E-state index in [0.29, 0.717) is 5.56 Å². The fourth-order valence-corrected chi connectivity index (χ4v) is 1.88. The fraction of sp³-hybridized carbons (Fsp3) is 0.0625. The second kappa shape index (κ2) is 6.83. The van der Waals surface area contributed by atoms with Gasteiger partial charge < -0.3 is 5.32 Å². The zero-order valence-corrected chi connectivity index (χ0v) is 12.3. The molecule has 2 aromatic carbocycles. The van der Waals surface area contributed by atoms with Crippen LogP contribution in [0.4, 0.5) is 23.2 Å². The largest absolute Gasteiger partial charge is 0.416 e. The molecule has 120 valence electrons. The molecule has 0 aromatic heterocycles. The number of halogens is 5. The molecule has 0 aliphatic carbocycles. The van der Waals surface area contributed by atoms with Gasteiger partial charge in [0.15, 0.2) is 0 Å². The van der Waals surface area contributed by atoms with Crippen LogP contribution in [0.3, 0.4) is 0 Å². The third-order valence-corrected chi connectivity index (χ3v) is 3.09. The maximum atomic E-state index is 13.5. The van der Waals surface area contributed by atoms with Gasteiger partial charge in [-0.1, -0.05) is 23.7 Å². The standard InChI is InChI=1S/C16H10ClF4NO/c17-12-6-7-14(13(18)9-12)22-15(23)8-3-10-1-4-11(5-2-10)16(19,20)21/h1-9H,(H,22,23)/b8-3+. The molecule has 2 rings (SSSR count). The minimum Gasteiger partial charge on any atom is -0.320 e. The summed E-state index contributed by atoms with van der Waals surface area (Å²) >= 11 is 5.59. The van der Waals surface area contributed by atoms with Gasteiger partial charge in [-0.15, -0.1) is 0 Å². The minimum atomic E-state index is -4.41. The van der Waals surface area contributed by atoms with E-state index in [4.69, 9.17) is 11.6 Å². The number of hydrogen-bond acceptors (Lipinski definition) is 1. The van der Waals surface area contributed by atoms with Gasteiger partial charge in [-0.3, -0.25) is 4.79 Å². The Morgan fingerprint density at radius 3 is 2.30 bits per heavy atom. The van der Waals surface area contributed by atoms with Crippen LogP contribution in [0.1, 0.15) is 11.1 Å². The highest BCUT2D eigenvalue weighted by atomic mass is 35.5. The van der Waals surface area contributed by atoms with E-state index in [1.165, 1.54) is 30.3 Å². The van der Waals surface area contributed by atoms with Crippen molar-refractivity contribution in [3.63, 3.8) is 0 Å². The Morgan fingerprint density at radius 2 is 1.74 bits per heavy atom. The molecule has 0 fully saturated rings. The number of amides is 1. The number of carbonyl (C=O) groups excluding carboxylic acids is 1. The van der Waals surface area contributed by atoms with E-state index in [0.717, 1.165) is 24.3 Å². The van der Waals surface area contributed by atoms with Crippen molar-refractivity contribution in [3.05, 3.63) is 70.5 Å². The zero-order chi connectivity index (χ0) is 17.0. The van der Waals surface area contributed by atoms with Crippen molar-refractivity contribution in [2.45, 2.75) is 6.18 Å². The second-order valence-electron chi connectivity index (χ2n) is 4.57. The molecule has 0 bridgehead atoms. The smallest absolute Gasteiger partial charge is 0.320 e. The molecule has 0 radical (unpaired) electrons. The van der Waals surface area contributed by atoms with Crippen LogP contribution in [-0.4, -0.2) is 5.91 Å². The van der Waals surface area contributed by atoms with E-state index < -0.39 is 23.5 Å². The van der Waals surface area contributed by atoms with Crippen molar-refractivity contribution < 1.29 is 22.4 Å². The van der Waals surface area contributed by atoms with Crippen LogP contribution in [-0.2, 0) is 11.0 Å². The predicted octanol–water partition coefficient (Wildman–Crippen LogP) is 5.15. The highest BCUT2D eigenvalue weighted by Crippen LogP contribution is 2.29. The lowest BCUT2D eigenvalue weighted by Gasteiger charge is -2.06. The molecule has 23 heavy (non-hydrogen) atoms. The molecule has 1 N–H and O–H groups in total. The summed E-state index contributed by atoms with van der Waals surface area (Å²) in [5.41, 5.74) is -0.413. The van der Waals surface area contributed by atoms with E-state index in [2.05, 4.69) is 5.32 Å². The van der Waals surface area contributed by atoms with Crippen molar-refractivity contribution in [1.82, 2.24) is 0 Å². The van der Waals surface area contributed by atoms with E-state index in [1.807, 2.05) is 0 Å². The summed E-state index contributed by atoms with van der Waals surface area (Å²) in [5, 5.41) is 2.50. The van der Waals surface area contributed by atoms with Gasteiger partial charge in [-0.2, -0.15) is 13.2 Å². The van der Waals surface area contributed by atoms with Gasteiger partial charge in [0.05, 0.1) is 11.3 Å². The minimum absolute atomic E-state index is 0.0449. The second-order valence-corrected chi connectivity index (χ2v) is 5.00. The Bertz CT molecular complexity index is 739. The predicted molar refractivity (Wildman–Crippen MR) is 80.5 cm³/mol. The fourth-order valence-electron chi connectivity index (χ4n) is 1.72. The Morgan fingerprint density at radius 1 is 1.09 bits per heavy atom. The molecule has 0 spiro atoms. The van der Waals surface area contributed by atoms with Crippen LogP contribution in [0.25, 0.3) is 6.08 Å². The zero-order valence-electron chi connectivity index (χ0n) is 11.5. The lowest BCUT2D eigenvalue weighted by Crippen LogP contribution is -2.09. The van der Waals surface area contributed by atoms with E-state index >= 15 is 0 Å². The number of alkyl halides is 3. The Kier molecular flexibility index (Phi) is 5.05. The van der Waals surface area contributed by atoms with E-state index in [9.17, 15) is 22.4 Å². The summed E-state index contributed by atoms with van der Waals surface area (Å²) < 4.78 is 50.7. The Labute approximate surface area is 134 Å². The van der Waals surface area contributed by atoms with Crippen molar-refractivity contribution >= 4 is 29.3 Å². The lowest BCUT2D eigenvalue weighted by atomic mass is 10.1. The molecule has 7 heteroatoms. The Hall–Kier alpha value is -2.34. The molecule has 0 aliphatic heterocycles. The molecular weight excluding hydrogens is 334 g/mol. The van der Waals surface area contributed by atoms with Crippen LogP contribution in [0.2, 0.25) is 5.02 Å². The number of carbonyl (C=O) groups is 1. The third kappa shape index (κ3) is 4.82. The monoisotopic (exact) mass is 343 g/mol. The van der Waals surface area contributed by atoms with Gasteiger partial charge in [0, 0.05) is 11.1 Å². The summed E-state index contributed by atoms with van der Waals surface area (Å²) in [6.45, 7) is 0. The first-order valence-electron chi connectivity index (χ1n) is 6.37. The van der Waals surface area contributed by atoms with E-state index in [-0.39, 0.29) is 10.7 Å². The van der Waals surface area contributed by atoms with Crippen molar-refractivity contribution in [3.8, 4) is 0 Å². The molecule has 2 aromatic rings. The normalized spacial score (nSPS) is 11.7. The SMILES string of the molecule is O=C(/C=C/c1ccc(C(F)(F)F)cc1)Nc1ccc(Cl)cc1F. The molecular formula is C16H10ClF4NO. The van der Waals surface area contributed by atoms with Crippen LogP contribution < -0.4 is 5.32 Å². The first-order chi connectivity index (χ1) is 10.8. The summed E-state index contributed by atoms with van der Waals surface area (Å²) in [5.74, 6) is -1.31. The molecule has 0 unspecified atom stereocenters. The lowest BCUT2D eigenvalue weighted by molar-refractivity contribution is -0.137. The van der Waals surface area contributed by atoms with Gasteiger partial charge in [-0.05, 0) is 42.0 Å². The molecule has 0 aliphatic rings. The quantitative estimate of drug-likeness (QED) is 0.606. The molecule has 2 nitrogen and oxygen atoms in total. The number of hydrogen-bond donors (Lipinski definition) is 1. The van der Waals surface area contributed by atoms with Gasteiger partial charge in [0.25, 0.3) is 0 Å². The molecule has 0 saturated carbocycles. The Balaban J connectivity index is 2.03. The van der Waals surface area contributed by atoms with Gasteiger partial charge in [-0.25, -0.2) is 4.39 Å². The van der Waals surface area contributed by atoms with Crippen LogP contribution in [0.15, 0.2) is 48.5 Å². The van der Waals surface area contributed by atoms with E-state index in [1.54, 1.807) is 0 Å². The maximum Gasteiger partial charge on any atom is 0.416 e. The average molecular weight is 344 g/mol. The highest BCUT2D eigenvalue weighted by Gasteiger charge is 2.29. The molecule has 0 heterocycles. The average Bonchev–Trinajstić information content (AvgIpc) is 2.47.